The summed E-state index contributed by atoms with van der Waals surface area (Å²) in [6.45, 7) is 4.03. The first kappa shape index (κ1) is 14.0. The lowest BCUT2D eigenvalue weighted by Gasteiger charge is -2.13. The molecule has 100 valence electrons. The van der Waals surface area contributed by atoms with Gasteiger partial charge in [-0.3, -0.25) is 0 Å². The van der Waals surface area contributed by atoms with Gasteiger partial charge in [0.15, 0.2) is 11.6 Å². The van der Waals surface area contributed by atoms with Gasteiger partial charge in [0.25, 0.3) is 0 Å². The van der Waals surface area contributed by atoms with Gasteiger partial charge in [-0.25, -0.2) is 8.78 Å². The van der Waals surface area contributed by atoms with Gasteiger partial charge in [0.2, 0.25) is 0 Å². The maximum absolute atomic E-state index is 13.1. The molecule has 0 N–H and O–H groups in total. The molecule has 1 unspecified atom stereocenters. The second kappa shape index (κ2) is 5.70. The lowest BCUT2D eigenvalue weighted by Crippen LogP contribution is -2.00. The number of hydrogen-bond acceptors (Lipinski definition) is 0. The van der Waals surface area contributed by atoms with E-state index in [1.807, 2.05) is 26.0 Å². The topological polar surface area (TPSA) is 0 Å². The van der Waals surface area contributed by atoms with E-state index in [1.165, 1.54) is 11.6 Å². The van der Waals surface area contributed by atoms with Crippen LogP contribution in [-0.2, 0) is 6.42 Å². The Labute approximate surface area is 117 Å². The van der Waals surface area contributed by atoms with Gasteiger partial charge < -0.3 is 0 Å². The number of rotatable bonds is 3. The van der Waals surface area contributed by atoms with Crippen LogP contribution in [0, 0.1) is 25.5 Å². The van der Waals surface area contributed by atoms with Gasteiger partial charge >= 0.3 is 0 Å². The average molecular weight is 281 g/mol. The van der Waals surface area contributed by atoms with Crippen molar-refractivity contribution in [1.82, 2.24) is 0 Å². The Morgan fingerprint density at radius 1 is 1.00 bits per heavy atom. The Morgan fingerprint density at radius 3 is 2.37 bits per heavy atom. The maximum Gasteiger partial charge on any atom is 0.159 e. The van der Waals surface area contributed by atoms with Crippen molar-refractivity contribution >= 4 is 11.6 Å². The molecule has 0 aliphatic heterocycles. The first-order valence-electron chi connectivity index (χ1n) is 6.12. The number of aryl methyl sites for hydroxylation is 2. The van der Waals surface area contributed by atoms with Gasteiger partial charge in [-0.2, -0.15) is 0 Å². The fraction of sp³-hybridized carbons (Fsp3) is 0.250. The van der Waals surface area contributed by atoms with Gasteiger partial charge in [0.1, 0.15) is 0 Å². The summed E-state index contributed by atoms with van der Waals surface area (Å²) >= 11 is 6.37. The van der Waals surface area contributed by atoms with Gasteiger partial charge in [0.05, 0.1) is 5.38 Å². The number of hydrogen-bond donors (Lipinski definition) is 0. The summed E-state index contributed by atoms with van der Waals surface area (Å²) in [6.07, 6.45) is 0.475. The van der Waals surface area contributed by atoms with Crippen molar-refractivity contribution < 1.29 is 8.78 Å². The molecule has 0 aliphatic rings. The van der Waals surface area contributed by atoms with Crippen LogP contribution in [0.3, 0.4) is 0 Å². The molecule has 0 saturated carbocycles. The lowest BCUT2D eigenvalue weighted by atomic mass is 9.98. The van der Waals surface area contributed by atoms with E-state index in [9.17, 15) is 8.78 Å². The van der Waals surface area contributed by atoms with E-state index in [0.29, 0.717) is 12.0 Å². The quantitative estimate of drug-likeness (QED) is 0.686. The van der Waals surface area contributed by atoms with E-state index in [-0.39, 0.29) is 5.38 Å². The SMILES string of the molecule is Cc1ccc(C(Cl)Cc2ccc(F)c(F)c2)c(C)c1. The van der Waals surface area contributed by atoms with Crippen molar-refractivity contribution in [1.29, 1.82) is 0 Å². The molecule has 0 amide bonds. The molecule has 1 atom stereocenters. The third-order valence-electron chi connectivity index (χ3n) is 3.16. The molecule has 2 aromatic rings. The summed E-state index contributed by atoms with van der Waals surface area (Å²) in [5, 5.41) is -0.245. The van der Waals surface area contributed by atoms with Gasteiger partial charge in [0, 0.05) is 0 Å². The van der Waals surface area contributed by atoms with Crippen molar-refractivity contribution in [3.05, 3.63) is 70.3 Å². The van der Waals surface area contributed by atoms with Crippen molar-refractivity contribution in [2.24, 2.45) is 0 Å². The molecule has 0 aliphatic carbocycles. The van der Waals surface area contributed by atoms with Gasteiger partial charge in [-0.05, 0) is 49.1 Å². The largest absolute Gasteiger partial charge is 0.204 e. The minimum Gasteiger partial charge on any atom is -0.204 e. The molecule has 0 saturated heterocycles. The molecule has 0 heterocycles. The fourth-order valence-corrected chi connectivity index (χ4v) is 2.58. The highest BCUT2D eigenvalue weighted by molar-refractivity contribution is 6.21. The summed E-state index contributed by atoms with van der Waals surface area (Å²) in [6, 6.07) is 9.96. The molecule has 0 radical (unpaired) electrons. The molecule has 0 spiro atoms. The zero-order valence-electron chi connectivity index (χ0n) is 10.9. The predicted octanol–water partition coefficient (Wildman–Crippen LogP) is 5.10. The molecular weight excluding hydrogens is 266 g/mol. The molecule has 0 fully saturated rings. The smallest absolute Gasteiger partial charge is 0.159 e. The fourth-order valence-electron chi connectivity index (χ4n) is 2.16. The van der Waals surface area contributed by atoms with Crippen LogP contribution in [-0.4, -0.2) is 0 Å². The van der Waals surface area contributed by atoms with Crippen molar-refractivity contribution in [2.45, 2.75) is 25.6 Å². The number of halogens is 3. The third-order valence-corrected chi connectivity index (χ3v) is 3.55. The first-order chi connectivity index (χ1) is 8.97. The van der Waals surface area contributed by atoms with Crippen LogP contribution in [0.5, 0.6) is 0 Å². The molecule has 0 aromatic heterocycles. The molecule has 19 heavy (non-hydrogen) atoms. The minimum absolute atomic E-state index is 0.245. The van der Waals surface area contributed by atoms with Crippen LogP contribution in [0.25, 0.3) is 0 Å². The molecule has 2 rings (SSSR count). The highest BCUT2D eigenvalue weighted by atomic mass is 35.5. The summed E-state index contributed by atoms with van der Waals surface area (Å²) in [7, 11) is 0. The third kappa shape index (κ3) is 3.32. The minimum atomic E-state index is -0.832. The standard InChI is InChI=1S/C16H15ClF2/c1-10-3-5-13(11(2)7-10)14(17)8-12-4-6-15(18)16(19)9-12/h3-7,9,14H,8H2,1-2H3. The average Bonchev–Trinajstić information content (AvgIpc) is 2.33. The van der Waals surface area contributed by atoms with E-state index in [0.717, 1.165) is 17.2 Å². The van der Waals surface area contributed by atoms with E-state index < -0.39 is 11.6 Å². The Hall–Kier alpha value is -1.41. The van der Waals surface area contributed by atoms with Crippen molar-refractivity contribution in [3.8, 4) is 0 Å². The van der Waals surface area contributed by atoms with Gasteiger partial charge in [-0.15, -0.1) is 11.6 Å². The normalized spacial score (nSPS) is 12.5. The zero-order chi connectivity index (χ0) is 14.0. The Morgan fingerprint density at radius 2 is 1.74 bits per heavy atom. The van der Waals surface area contributed by atoms with E-state index >= 15 is 0 Å². The lowest BCUT2D eigenvalue weighted by molar-refractivity contribution is 0.507. The molecular formula is C16H15ClF2. The van der Waals surface area contributed by atoms with Crippen LogP contribution in [0.4, 0.5) is 8.78 Å². The van der Waals surface area contributed by atoms with Crippen LogP contribution in [0.2, 0.25) is 0 Å². The van der Waals surface area contributed by atoms with E-state index in [1.54, 1.807) is 6.07 Å². The molecule has 2 aromatic carbocycles. The van der Waals surface area contributed by atoms with Gasteiger partial charge in [-0.1, -0.05) is 29.8 Å². The van der Waals surface area contributed by atoms with E-state index in [2.05, 4.69) is 6.07 Å². The summed E-state index contributed by atoms with van der Waals surface area (Å²) in [5.74, 6) is -1.66. The molecule has 0 nitrogen and oxygen atoms in total. The Balaban J connectivity index is 2.20. The van der Waals surface area contributed by atoms with Crippen LogP contribution >= 0.6 is 11.6 Å². The summed E-state index contributed by atoms with van der Waals surface area (Å²) in [4.78, 5) is 0. The number of alkyl halides is 1. The van der Waals surface area contributed by atoms with E-state index in [4.69, 9.17) is 11.6 Å². The summed E-state index contributed by atoms with van der Waals surface area (Å²) < 4.78 is 26.0. The molecule has 0 bridgehead atoms. The van der Waals surface area contributed by atoms with Crippen LogP contribution in [0.15, 0.2) is 36.4 Å². The van der Waals surface area contributed by atoms with Crippen LogP contribution in [0.1, 0.15) is 27.6 Å². The Bertz CT molecular complexity index is 593. The first-order valence-corrected chi connectivity index (χ1v) is 6.56. The number of benzene rings is 2. The Kier molecular flexibility index (Phi) is 4.20. The maximum atomic E-state index is 13.1. The molecule has 3 heteroatoms. The van der Waals surface area contributed by atoms with Crippen molar-refractivity contribution in [2.75, 3.05) is 0 Å². The second-order valence-corrected chi connectivity index (χ2v) is 5.31. The summed E-state index contributed by atoms with van der Waals surface area (Å²) in [5.41, 5.74) is 4.01. The highest BCUT2D eigenvalue weighted by Crippen LogP contribution is 2.28. The zero-order valence-corrected chi connectivity index (χ0v) is 11.6. The highest BCUT2D eigenvalue weighted by Gasteiger charge is 2.13. The predicted molar refractivity (Wildman–Crippen MR) is 74.6 cm³/mol. The van der Waals surface area contributed by atoms with Crippen molar-refractivity contribution in [3.63, 3.8) is 0 Å². The second-order valence-electron chi connectivity index (χ2n) is 4.78. The van der Waals surface area contributed by atoms with Crippen LogP contribution < -0.4 is 0 Å². The monoisotopic (exact) mass is 280 g/mol.